The van der Waals surface area contributed by atoms with Gasteiger partial charge in [-0.25, -0.2) is 9.97 Å². The molecular formula is C16H17N3. The molecule has 3 heteroatoms. The Morgan fingerprint density at radius 3 is 2.68 bits per heavy atom. The Morgan fingerprint density at radius 2 is 1.84 bits per heavy atom. The number of rotatable bonds is 0. The van der Waals surface area contributed by atoms with Gasteiger partial charge in [-0.3, -0.25) is 0 Å². The van der Waals surface area contributed by atoms with E-state index in [2.05, 4.69) is 34.2 Å². The van der Waals surface area contributed by atoms with Crippen molar-refractivity contribution < 1.29 is 0 Å². The standard InChI is InChI=1S/C16H17N3/c17-15-13-14(18-10-19-15)12-6-2-1-5-11(12)9-16(13)7-3-4-8-16/h1-2,5-6,10H,3-4,7-9H2,(H2,17,18,19). The van der Waals surface area contributed by atoms with E-state index in [4.69, 9.17) is 5.73 Å². The van der Waals surface area contributed by atoms with Crippen molar-refractivity contribution in [3.05, 3.63) is 41.7 Å². The second kappa shape index (κ2) is 3.80. The normalized spacial score (nSPS) is 19.2. The second-order valence-electron chi connectivity index (χ2n) is 5.80. The summed E-state index contributed by atoms with van der Waals surface area (Å²) in [5.41, 5.74) is 11.3. The molecule has 2 aliphatic carbocycles. The molecule has 2 aromatic rings. The van der Waals surface area contributed by atoms with E-state index in [0.717, 1.165) is 12.1 Å². The van der Waals surface area contributed by atoms with Gasteiger partial charge in [0.1, 0.15) is 12.1 Å². The van der Waals surface area contributed by atoms with Gasteiger partial charge in [-0.1, -0.05) is 37.1 Å². The highest BCUT2D eigenvalue weighted by atomic mass is 14.9. The van der Waals surface area contributed by atoms with Crippen LogP contribution < -0.4 is 5.73 Å². The lowest BCUT2D eigenvalue weighted by atomic mass is 9.68. The van der Waals surface area contributed by atoms with E-state index >= 15 is 0 Å². The van der Waals surface area contributed by atoms with Gasteiger partial charge in [0.05, 0.1) is 5.69 Å². The zero-order valence-corrected chi connectivity index (χ0v) is 10.9. The van der Waals surface area contributed by atoms with Crippen molar-refractivity contribution in [3.8, 4) is 11.3 Å². The van der Waals surface area contributed by atoms with E-state index in [1.165, 1.54) is 42.4 Å². The first-order chi connectivity index (χ1) is 9.30. The fourth-order valence-corrected chi connectivity index (χ4v) is 3.96. The fourth-order valence-electron chi connectivity index (χ4n) is 3.96. The minimum Gasteiger partial charge on any atom is -0.383 e. The molecule has 0 bridgehead atoms. The molecule has 0 amide bonds. The molecule has 1 spiro atoms. The Morgan fingerprint density at radius 1 is 1.05 bits per heavy atom. The molecule has 1 saturated carbocycles. The maximum Gasteiger partial charge on any atom is 0.131 e. The van der Waals surface area contributed by atoms with Gasteiger partial charge in [-0.2, -0.15) is 0 Å². The highest BCUT2D eigenvalue weighted by Crippen LogP contribution is 2.52. The van der Waals surface area contributed by atoms with Crippen LogP contribution in [0, 0.1) is 0 Å². The Bertz CT molecular complexity index is 642. The van der Waals surface area contributed by atoms with Gasteiger partial charge in [0, 0.05) is 16.5 Å². The van der Waals surface area contributed by atoms with Gasteiger partial charge in [-0.05, 0) is 24.8 Å². The van der Waals surface area contributed by atoms with E-state index in [1.54, 1.807) is 6.33 Å². The predicted molar refractivity (Wildman–Crippen MR) is 75.7 cm³/mol. The van der Waals surface area contributed by atoms with Crippen molar-refractivity contribution in [1.29, 1.82) is 0 Å². The van der Waals surface area contributed by atoms with Crippen LogP contribution in [-0.2, 0) is 11.8 Å². The van der Waals surface area contributed by atoms with Gasteiger partial charge in [0.2, 0.25) is 0 Å². The van der Waals surface area contributed by atoms with E-state index in [1.807, 2.05) is 0 Å². The van der Waals surface area contributed by atoms with Crippen LogP contribution in [-0.4, -0.2) is 9.97 Å². The lowest BCUT2D eigenvalue weighted by molar-refractivity contribution is 0.432. The monoisotopic (exact) mass is 251 g/mol. The molecule has 0 radical (unpaired) electrons. The summed E-state index contributed by atoms with van der Waals surface area (Å²) in [6.45, 7) is 0. The molecule has 0 atom stereocenters. The molecule has 4 rings (SSSR count). The topological polar surface area (TPSA) is 51.8 Å². The minimum atomic E-state index is 0.190. The van der Waals surface area contributed by atoms with Crippen molar-refractivity contribution in [3.63, 3.8) is 0 Å². The Labute approximate surface area is 112 Å². The summed E-state index contributed by atoms with van der Waals surface area (Å²) in [6, 6.07) is 8.59. The molecule has 96 valence electrons. The Kier molecular flexibility index (Phi) is 2.19. The number of anilines is 1. The minimum absolute atomic E-state index is 0.190. The van der Waals surface area contributed by atoms with E-state index in [0.29, 0.717) is 5.82 Å². The maximum absolute atomic E-state index is 6.20. The molecule has 0 unspecified atom stereocenters. The van der Waals surface area contributed by atoms with Crippen LogP contribution in [0.2, 0.25) is 0 Å². The quantitative estimate of drug-likeness (QED) is 0.782. The van der Waals surface area contributed by atoms with Crippen LogP contribution in [0.1, 0.15) is 36.8 Å². The molecule has 19 heavy (non-hydrogen) atoms. The smallest absolute Gasteiger partial charge is 0.131 e. The number of hydrogen-bond acceptors (Lipinski definition) is 3. The number of nitrogens with two attached hydrogens (primary N) is 1. The van der Waals surface area contributed by atoms with Crippen molar-refractivity contribution >= 4 is 5.82 Å². The third-order valence-corrected chi connectivity index (χ3v) is 4.77. The largest absolute Gasteiger partial charge is 0.383 e. The number of fused-ring (bicyclic) bond motifs is 4. The number of nitrogen functional groups attached to an aromatic ring is 1. The van der Waals surface area contributed by atoms with Crippen molar-refractivity contribution in [2.24, 2.45) is 0 Å². The van der Waals surface area contributed by atoms with Crippen molar-refractivity contribution in [2.45, 2.75) is 37.5 Å². The molecule has 1 heterocycles. The summed E-state index contributed by atoms with van der Waals surface area (Å²) < 4.78 is 0. The lowest BCUT2D eigenvalue weighted by Crippen LogP contribution is -2.31. The van der Waals surface area contributed by atoms with Crippen LogP contribution in [0.15, 0.2) is 30.6 Å². The first-order valence-electron chi connectivity index (χ1n) is 6.99. The van der Waals surface area contributed by atoms with Crippen LogP contribution in [0.3, 0.4) is 0 Å². The molecule has 1 fully saturated rings. The van der Waals surface area contributed by atoms with Crippen LogP contribution in [0.5, 0.6) is 0 Å². The number of aromatic nitrogens is 2. The first-order valence-corrected chi connectivity index (χ1v) is 6.99. The van der Waals surface area contributed by atoms with Crippen LogP contribution >= 0.6 is 0 Å². The second-order valence-corrected chi connectivity index (χ2v) is 5.80. The summed E-state index contributed by atoms with van der Waals surface area (Å²) in [4.78, 5) is 8.80. The van der Waals surface area contributed by atoms with E-state index in [9.17, 15) is 0 Å². The van der Waals surface area contributed by atoms with Gasteiger partial charge >= 0.3 is 0 Å². The first kappa shape index (κ1) is 11.0. The fraction of sp³-hybridized carbons (Fsp3) is 0.375. The summed E-state index contributed by atoms with van der Waals surface area (Å²) in [6.07, 6.45) is 7.69. The van der Waals surface area contributed by atoms with Crippen molar-refractivity contribution in [1.82, 2.24) is 9.97 Å². The molecule has 1 aromatic heterocycles. The summed E-state index contributed by atoms with van der Waals surface area (Å²) in [5.74, 6) is 0.682. The van der Waals surface area contributed by atoms with Crippen molar-refractivity contribution in [2.75, 3.05) is 5.73 Å². The molecular weight excluding hydrogens is 234 g/mol. The van der Waals surface area contributed by atoms with Gasteiger partial charge in [-0.15, -0.1) is 0 Å². The number of nitrogens with zero attached hydrogens (tertiary/aromatic N) is 2. The highest BCUT2D eigenvalue weighted by Gasteiger charge is 2.43. The van der Waals surface area contributed by atoms with E-state index in [-0.39, 0.29) is 5.41 Å². The van der Waals surface area contributed by atoms with Gasteiger partial charge in [0.15, 0.2) is 0 Å². The van der Waals surface area contributed by atoms with E-state index < -0.39 is 0 Å². The van der Waals surface area contributed by atoms with Crippen LogP contribution in [0.25, 0.3) is 11.3 Å². The highest BCUT2D eigenvalue weighted by molar-refractivity contribution is 5.75. The third kappa shape index (κ3) is 1.44. The number of benzene rings is 1. The average Bonchev–Trinajstić information content (AvgIpc) is 2.88. The summed E-state index contributed by atoms with van der Waals surface area (Å²) in [5, 5.41) is 0. The van der Waals surface area contributed by atoms with Gasteiger partial charge < -0.3 is 5.73 Å². The third-order valence-electron chi connectivity index (χ3n) is 4.77. The van der Waals surface area contributed by atoms with Gasteiger partial charge in [0.25, 0.3) is 0 Å². The molecule has 2 aliphatic rings. The molecule has 0 aliphatic heterocycles. The maximum atomic E-state index is 6.20. The molecule has 2 N–H and O–H groups in total. The SMILES string of the molecule is Nc1ncnc2c1C1(CCCC1)Cc1ccccc1-2. The average molecular weight is 251 g/mol. The molecule has 0 saturated heterocycles. The zero-order chi connectivity index (χ0) is 12.9. The predicted octanol–water partition coefficient (Wildman–Crippen LogP) is 3.09. The summed E-state index contributed by atoms with van der Waals surface area (Å²) >= 11 is 0. The molecule has 1 aromatic carbocycles. The number of hydrogen-bond donors (Lipinski definition) is 1. The zero-order valence-electron chi connectivity index (χ0n) is 10.9. The molecule has 3 nitrogen and oxygen atoms in total. The Hall–Kier alpha value is -1.90. The van der Waals surface area contributed by atoms with Crippen LogP contribution in [0.4, 0.5) is 5.82 Å². The summed E-state index contributed by atoms with van der Waals surface area (Å²) in [7, 11) is 0. The lowest BCUT2D eigenvalue weighted by Gasteiger charge is -2.36. The Balaban J connectivity index is 2.04.